The summed E-state index contributed by atoms with van der Waals surface area (Å²) in [6.45, 7) is 4.10. The van der Waals surface area contributed by atoms with Crippen LogP contribution in [0.3, 0.4) is 0 Å². The van der Waals surface area contributed by atoms with Crippen LogP contribution in [0.2, 0.25) is 0 Å². The number of thioether (sulfide) groups is 1. The molecule has 32 heavy (non-hydrogen) atoms. The summed E-state index contributed by atoms with van der Waals surface area (Å²) in [5, 5.41) is 13.2. The fourth-order valence-electron chi connectivity index (χ4n) is 3.05. The fourth-order valence-corrected chi connectivity index (χ4v) is 3.80. The van der Waals surface area contributed by atoms with Crippen LogP contribution in [0.1, 0.15) is 25.6 Å². The van der Waals surface area contributed by atoms with E-state index in [1.807, 2.05) is 65.2 Å². The predicted octanol–water partition coefficient (Wildman–Crippen LogP) is 4.35. The maximum Gasteiger partial charge on any atom is 0.316 e. The highest BCUT2D eigenvalue weighted by atomic mass is 32.2. The van der Waals surface area contributed by atoms with Gasteiger partial charge in [0.05, 0.1) is 5.75 Å². The van der Waals surface area contributed by atoms with Gasteiger partial charge >= 0.3 is 5.97 Å². The topological polar surface area (TPSA) is 95.9 Å². The first-order valence-corrected chi connectivity index (χ1v) is 11.2. The molecule has 4 aromatic rings. The normalized spacial score (nSPS) is 11.1. The molecule has 0 amide bonds. The average molecular weight is 450 g/mol. The molecule has 0 bridgehead atoms. The van der Waals surface area contributed by atoms with Crippen LogP contribution >= 0.6 is 11.8 Å². The van der Waals surface area contributed by atoms with E-state index in [1.165, 1.54) is 11.8 Å². The third kappa shape index (κ3) is 5.42. The first kappa shape index (κ1) is 21.8. The van der Waals surface area contributed by atoms with E-state index < -0.39 is 5.97 Å². The zero-order valence-corrected chi connectivity index (χ0v) is 18.7. The summed E-state index contributed by atoms with van der Waals surface area (Å²) in [4.78, 5) is 16.6. The number of hydrogen-bond donors (Lipinski definition) is 0. The lowest BCUT2D eigenvalue weighted by Crippen LogP contribution is -2.09. The largest absolute Gasteiger partial charge is 0.455 e. The van der Waals surface area contributed by atoms with Gasteiger partial charge in [-0.2, -0.15) is 4.98 Å². The number of carbonyl (C=O) groups excluding carboxylic acids is 1. The Labute approximate surface area is 190 Å². The van der Waals surface area contributed by atoms with E-state index in [4.69, 9.17) is 9.26 Å². The molecule has 2 aromatic heterocycles. The summed E-state index contributed by atoms with van der Waals surface area (Å²) in [6.07, 6.45) is 0.714. The van der Waals surface area contributed by atoms with Gasteiger partial charge in [0.25, 0.3) is 5.89 Å². The van der Waals surface area contributed by atoms with E-state index in [2.05, 4.69) is 34.2 Å². The van der Waals surface area contributed by atoms with Gasteiger partial charge in [0.1, 0.15) is 0 Å². The van der Waals surface area contributed by atoms with Gasteiger partial charge in [0.15, 0.2) is 23.4 Å². The minimum absolute atomic E-state index is 0.0505. The van der Waals surface area contributed by atoms with Crippen molar-refractivity contribution in [3.63, 3.8) is 0 Å². The molecule has 8 nitrogen and oxygen atoms in total. The van der Waals surface area contributed by atoms with Crippen LogP contribution in [0.4, 0.5) is 0 Å². The molecule has 0 N–H and O–H groups in total. The van der Waals surface area contributed by atoms with E-state index in [-0.39, 0.29) is 18.3 Å². The number of benzene rings is 2. The van der Waals surface area contributed by atoms with Gasteiger partial charge in [-0.25, -0.2) is 0 Å². The van der Waals surface area contributed by atoms with Crippen molar-refractivity contribution in [3.05, 3.63) is 72.4 Å². The summed E-state index contributed by atoms with van der Waals surface area (Å²) in [5.41, 5.74) is 1.85. The maximum absolute atomic E-state index is 12.3. The first-order valence-electron chi connectivity index (χ1n) is 10.3. The van der Waals surface area contributed by atoms with Crippen molar-refractivity contribution in [2.45, 2.75) is 32.0 Å². The number of carbonyl (C=O) groups is 1. The van der Waals surface area contributed by atoms with Crippen LogP contribution in [-0.2, 0) is 22.6 Å². The average Bonchev–Trinajstić information content (AvgIpc) is 3.44. The summed E-state index contributed by atoms with van der Waals surface area (Å²) >= 11 is 1.26. The zero-order valence-electron chi connectivity index (χ0n) is 17.8. The Kier molecular flexibility index (Phi) is 6.96. The molecule has 2 aromatic carbocycles. The Morgan fingerprint density at radius 3 is 2.50 bits per heavy atom. The van der Waals surface area contributed by atoms with Crippen molar-refractivity contribution in [2.75, 3.05) is 5.75 Å². The number of nitrogens with zero attached hydrogens (tertiary/aromatic N) is 5. The second-order valence-electron chi connectivity index (χ2n) is 7.49. The van der Waals surface area contributed by atoms with E-state index in [0.29, 0.717) is 29.1 Å². The minimum atomic E-state index is -0.400. The molecule has 9 heteroatoms. The Morgan fingerprint density at radius 1 is 1.06 bits per heavy atom. The molecule has 0 aliphatic rings. The van der Waals surface area contributed by atoms with E-state index in [1.54, 1.807) is 0 Å². The summed E-state index contributed by atoms with van der Waals surface area (Å²) in [6, 6.07) is 19.6. The standard InChI is InChI=1S/C23H23N5O3S/c1-16(2)13-19-24-20(31-27-19)14-30-21(29)15-32-23-26-25-22(17-9-5-3-6-10-17)28(23)18-11-7-4-8-12-18/h3-12,16H,13-15H2,1-2H3. The molecule has 2 heterocycles. The number of aromatic nitrogens is 5. The highest BCUT2D eigenvalue weighted by Gasteiger charge is 2.18. The number of esters is 1. The highest BCUT2D eigenvalue weighted by molar-refractivity contribution is 7.99. The van der Waals surface area contributed by atoms with E-state index >= 15 is 0 Å². The molecular weight excluding hydrogens is 426 g/mol. The molecule has 0 unspecified atom stereocenters. The van der Waals surface area contributed by atoms with Crippen molar-refractivity contribution in [1.29, 1.82) is 0 Å². The van der Waals surface area contributed by atoms with Gasteiger partial charge in [-0.05, 0) is 18.1 Å². The van der Waals surface area contributed by atoms with Gasteiger partial charge < -0.3 is 9.26 Å². The second-order valence-corrected chi connectivity index (χ2v) is 8.44. The van der Waals surface area contributed by atoms with Crippen LogP contribution in [0, 0.1) is 5.92 Å². The van der Waals surface area contributed by atoms with Crippen LogP contribution in [0.15, 0.2) is 70.3 Å². The Balaban J connectivity index is 1.43. The second kappa shape index (κ2) is 10.2. The van der Waals surface area contributed by atoms with Gasteiger partial charge in [0, 0.05) is 17.7 Å². The quantitative estimate of drug-likeness (QED) is 0.275. The van der Waals surface area contributed by atoms with Crippen molar-refractivity contribution < 1.29 is 14.1 Å². The number of ether oxygens (including phenoxy) is 1. The molecule has 4 rings (SSSR count). The summed E-state index contributed by atoms with van der Waals surface area (Å²) in [5.74, 6) is 1.70. The lowest BCUT2D eigenvalue weighted by atomic mass is 10.1. The van der Waals surface area contributed by atoms with Gasteiger partial charge in [0.2, 0.25) is 0 Å². The SMILES string of the molecule is CC(C)Cc1noc(COC(=O)CSc2nnc(-c3ccccc3)n2-c2ccccc2)n1. The number of para-hydroxylation sites is 1. The highest BCUT2D eigenvalue weighted by Crippen LogP contribution is 2.27. The van der Waals surface area contributed by atoms with Gasteiger partial charge in [-0.15, -0.1) is 10.2 Å². The van der Waals surface area contributed by atoms with Crippen LogP contribution in [0.25, 0.3) is 17.1 Å². The van der Waals surface area contributed by atoms with Gasteiger partial charge in [-0.3, -0.25) is 9.36 Å². The van der Waals surface area contributed by atoms with Crippen LogP contribution < -0.4 is 0 Å². The van der Waals surface area contributed by atoms with E-state index in [0.717, 1.165) is 11.3 Å². The van der Waals surface area contributed by atoms with Crippen LogP contribution in [-0.4, -0.2) is 36.6 Å². The molecule has 0 saturated heterocycles. The zero-order chi connectivity index (χ0) is 22.3. The Morgan fingerprint density at radius 2 is 1.78 bits per heavy atom. The third-order valence-electron chi connectivity index (χ3n) is 4.46. The molecule has 0 saturated carbocycles. The van der Waals surface area contributed by atoms with Crippen molar-refractivity contribution in [2.24, 2.45) is 5.92 Å². The molecule has 0 radical (unpaired) electrons. The van der Waals surface area contributed by atoms with Crippen molar-refractivity contribution in [1.82, 2.24) is 24.9 Å². The number of hydrogen-bond acceptors (Lipinski definition) is 8. The molecular formula is C23H23N5O3S. The predicted molar refractivity (Wildman–Crippen MR) is 120 cm³/mol. The fraction of sp³-hybridized carbons (Fsp3) is 0.261. The lowest BCUT2D eigenvalue weighted by molar-refractivity contribution is -0.142. The molecule has 164 valence electrons. The van der Waals surface area contributed by atoms with Crippen molar-refractivity contribution >= 4 is 17.7 Å². The third-order valence-corrected chi connectivity index (χ3v) is 5.36. The first-order chi connectivity index (χ1) is 15.6. The Hall–Kier alpha value is -3.46. The Bertz CT molecular complexity index is 1160. The van der Waals surface area contributed by atoms with Crippen LogP contribution in [0.5, 0.6) is 0 Å². The minimum Gasteiger partial charge on any atom is -0.455 e. The molecule has 0 aliphatic carbocycles. The molecule has 0 atom stereocenters. The number of rotatable bonds is 9. The summed E-state index contributed by atoms with van der Waals surface area (Å²) in [7, 11) is 0. The summed E-state index contributed by atoms with van der Waals surface area (Å²) < 4.78 is 12.4. The van der Waals surface area contributed by atoms with E-state index in [9.17, 15) is 4.79 Å². The van der Waals surface area contributed by atoms with Crippen molar-refractivity contribution in [3.8, 4) is 17.1 Å². The monoisotopic (exact) mass is 449 g/mol. The lowest BCUT2D eigenvalue weighted by Gasteiger charge is -2.10. The molecule has 0 spiro atoms. The maximum atomic E-state index is 12.3. The van der Waals surface area contributed by atoms with Gasteiger partial charge in [-0.1, -0.05) is 79.3 Å². The smallest absolute Gasteiger partial charge is 0.316 e. The molecule has 0 fully saturated rings. The molecule has 0 aliphatic heterocycles.